The molecule has 0 bridgehead atoms. The van der Waals surface area contributed by atoms with Gasteiger partial charge in [-0.2, -0.15) is 0 Å². The van der Waals surface area contributed by atoms with E-state index in [0.29, 0.717) is 0 Å². The first-order valence-corrected chi connectivity index (χ1v) is 8.09. The lowest BCUT2D eigenvalue weighted by Gasteiger charge is -2.24. The maximum Gasteiger partial charge on any atom is 0.0911 e. The molecular weight excluding hydrogens is 218 g/mol. The molecule has 0 atom stereocenters. The van der Waals surface area contributed by atoms with Gasteiger partial charge in [-0.1, -0.05) is 58.3 Å². The van der Waals surface area contributed by atoms with Gasteiger partial charge in [0.05, 0.1) is 26.8 Å². The van der Waals surface area contributed by atoms with Gasteiger partial charge in [-0.25, -0.2) is 0 Å². The number of quaternary nitrogens is 1. The molecule has 1 nitrogen and oxygen atoms in total. The molecule has 0 aliphatic heterocycles. The predicted molar refractivity (Wildman–Crippen MR) is 83.6 cm³/mol. The van der Waals surface area contributed by atoms with Crippen molar-refractivity contribution in [2.24, 2.45) is 0 Å². The quantitative estimate of drug-likeness (QED) is 0.318. The number of allylic oxidation sites excluding steroid dienone is 1. The van der Waals surface area contributed by atoms with Gasteiger partial charge in [-0.05, 0) is 25.8 Å². The van der Waals surface area contributed by atoms with E-state index in [1.54, 1.807) is 0 Å². The first-order valence-electron chi connectivity index (χ1n) is 8.09. The van der Waals surface area contributed by atoms with Crippen LogP contribution in [0.2, 0.25) is 0 Å². The zero-order valence-electron chi connectivity index (χ0n) is 13.4. The molecule has 0 unspecified atom stereocenters. The summed E-state index contributed by atoms with van der Waals surface area (Å²) in [6.45, 7) is 5.67. The second-order valence-electron chi connectivity index (χ2n) is 6.17. The van der Waals surface area contributed by atoms with Crippen LogP contribution in [0.5, 0.6) is 0 Å². The highest BCUT2D eigenvalue weighted by Crippen LogP contribution is 2.11. The Balaban J connectivity index is 3.21. The number of unbranched alkanes of at least 4 members (excludes halogenated alkanes) is 9. The lowest BCUT2D eigenvalue weighted by molar-refractivity contribution is -0.839. The van der Waals surface area contributed by atoms with Crippen molar-refractivity contribution in [3.8, 4) is 0 Å². The summed E-state index contributed by atoms with van der Waals surface area (Å²) in [5.74, 6) is 0. The molecule has 0 amide bonds. The molecule has 0 rings (SSSR count). The molecule has 18 heavy (non-hydrogen) atoms. The van der Waals surface area contributed by atoms with Crippen molar-refractivity contribution in [2.75, 3.05) is 20.6 Å². The summed E-state index contributed by atoms with van der Waals surface area (Å²) in [5.41, 5.74) is 0. The lowest BCUT2D eigenvalue weighted by atomic mass is 10.1. The van der Waals surface area contributed by atoms with Gasteiger partial charge in [0.1, 0.15) is 0 Å². The van der Waals surface area contributed by atoms with Crippen LogP contribution in [0.3, 0.4) is 0 Å². The van der Waals surface area contributed by atoms with E-state index in [1.165, 1.54) is 70.8 Å². The summed E-state index contributed by atoms with van der Waals surface area (Å²) in [6.07, 6.45) is 18.7. The van der Waals surface area contributed by atoms with E-state index in [0.717, 1.165) is 4.48 Å². The van der Waals surface area contributed by atoms with Crippen molar-refractivity contribution in [3.63, 3.8) is 0 Å². The van der Waals surface area contributed by atoms with Gasteiger partial charge in [0.2, 0.25) is 0 Å². The van der Waals surface area contributed by atoms with Crippen LogP contribution in [0.15, 0.2) is 12.3 Å². The number of nitrogens with zero attached hydrogens (tertiary/aromatic N) is 1. The van der Waals surface area contributed by atoms with Gasteiger partial charge in [-0.15, -0.1) is 0 Å². The molecule has 0 radical (unpaired) electrons. The monoisotopic (exact) mass is 254 g/mol. The Morgan fingerprint density at radius 2 is 1.17 bits per heavy atom. The van der Waals surface area contributed by atoms with E-state index in [9.17, 15) is 0 Å². The fourth-order valence-corrected chi connectivity index (χ4v) is 2.48. The molecule has 0 aromatic heterocycles. The fraction of sp³-hybridized carbons (Fsp3) is 0.882. The summed E-state index contributed by atoms with van der Waals surface area (Å²) < 4.78 is 1.04. The highest BCUT2D eigenvalue weighted by Gasteiger charge is 2.08. The van der Waals surface area contributed by atoms with E-state index in [1.807, 2.05) is 0 Å². The first kappa shape index (κ1) is 17.7. The maximum atomic E-state index is 2.29. The molecule has 0 heterocycles. The van der Waals surface area contributed by atoms with Gasteiger partial charge < -0.3 is 4.48 Å². The summed E-state index contributed by atoms with van der Waals surface area (Å²) in [7, 11) is 4.57. The average molecular weight is 254 g/mol. The highest BCUT2D eigenvalue weighted by atomic mass is 15.3. The third kappa shape index (κ3) is 12.2. The van der Waals surface area contributed by atoms with Crippen molar-refractivity contribution in [1.82, 2.24) is 0 Å². The van der Waals surface area contributed by atoms with E-state index >= 15 is 0 Å². The zero-order valence-corrected chi connectivity index (χ0v) is 13.4. The standard InChI is InChI=1S/C17H36N/c1-5-7-8-9-10-11-12-13-14-15-17-18(3,4)16-6-2/h6,16H,5,7-15,17H2,1-4H3/q+1. The molecule has 0 aromatic rings. The highest BCUT2D eigenvalue weighted by molar-refractivity contribution is 4.66. The van der Waals surface area contributed by atoms with Crippen LogP contribution < -0.4 is 0 Å². The van der Waals surface area contributed by atoms with E-state index in [2.05, 4.69) is 40.2 Å². The minimum atomic E-state index is 1.04. The molecular formula is C17H36N+. The SMILES string of the molecule is CC=C[N+](C)(C)CCCCCCCCCCCC. The van der Waals surface area contributed by atoms with Crippen LogP contribution in [-0.4, -0.2) is 25.1 Å². The Bertz CT molecular complexity index is 194. The molecule has 0 aliphatic rings. The van der Waals surface area contributed by atoms with Gasteiger partial charge >= 0.3 is 0 Å². The van der Waals surface area contributed by atoms with Gasteiger partial charge in [0.25, 0.3) is 0 Å². The molecule has 1 heteroatoms. The predicted octanol–water partition coefficient (Wildman–Crippen LogP) is 5.52. The minimum Gasteiger partial charge on any atom is -0.302 e. The molecule has 0 N–H and O–H groups in total. The van der Waals surface area contributed by atoms with Crippen LogP contribution >= 0.6 is 0 Å². The normalized spacial score (nSPS) is 12.4. The van der Waals surface area contributed by atoms with Crippen LogP contribution in [0.4, 0.5) is 0 Å². The molecule has 108 valence electrons. The molecule has 0 fully saturated rings. The topological polar surface area (TPSA) is 0 Å². The summed E-state index contributed by atoms with van der Waals surface area (Å²) in [6, 6.07) is 0. The van der Waals surface area contributed by atoms with E-state index in [4.69, 9.17) is 0 Å². The smallest absolute Gasteiger partial charge is 0.0911 e. The first-order chi connectivity index (χ1) is 8.62. The van der Waals surface area contributed by atoms with Crippen molar-refractivity contribution in [1.29, 1.82) is 0 Å². The average Bonchev–Trinajstić information content (AvgIpc) is 2.31. The molecule has 0 saturated heterocycles. The third-order valence-corrected chi connectivity index (χ3v) is 3.64. The van der Waals surface area contributed by atoms with Gasteiger partial charge in [0.15, 0.2) is 0 Å². The second-order valence-corrected chi connectivity index (χ2v) is 6.17. The van der Waals surface area contributed by atoms with Crippen molar-refractivity contribution in [3.05, 3.63) is 12.3 Å². The fourth-order valence-electron chi connectivity index (χ4n) is 2.48. The molecule has 0 spiro atoms. The Hall–Kier alpha value is -0.300. The summed E-state index contributed by atoms with van der Waals surface area (Å²) in [5, 5.41) is 0. The maximum absolute atomic E-state index is 2.29. The Labute approximate surface area is 116 Å². The van der Waals surface area contributed by atoms with Gasteiger partial charge in [0, 0.05) is 0 Å². The molecule has 0 saturated carbocycles. The number of hydrogen-bond acceptors (Lipinski definition) is 0. The number of hydrogen-bond donors (Lipinski definition) is 0. The van der Waals surface area contributed by atoms with Crippen LogP contribution in [0.1, 0.15) is 78.1 Å². The van der Waals surface area contributed by atoms with Crippen molar-refractivity contribution < 1.29 is 4.48 Å². The summed E-state index contributed by atoms with van der Waals surface area (Å²) in [4.78, 5) is 0. The van der Waals surface area contributed by atoms with Gasteiger partial charge in [-0.3, -0.25) is 0 Å². The van der Waals surface area contributed by atoms with E-state index in [-0.39, 0.29) is 0 Å². The zero-order chi connectivity index (χ0) is 13.7. The van der Waals surface area contributed by atoms with E-state index < -0.39 is 0 Å². The number of rotatable bonds is 12. The van der Waals surface area contributed by atoms with Crippen molar-refractivity contribution >= 4 is 0 Å². The summed E-state index contributed by atoms with van der Waals surface area (Å²) >= 11 is 0. The van der Waals surface area contributed by atoms with Crippen LogP contribution in [-0.2, 0) is 0 Å². The Morgan fingerprint density at radius 3 is 1.61 bits per heavy atom. The lowest BCUT2D eigenvalue weighted by Crippen LogP contribution is -2.33. The second kappa shape index (κ2) is 11.8. The molecule has 0 aliphatic carbocycles. The van der Waals surface area contributed by atoms with Crippen LogP contribution in [0, 0.1) is 0 Å². The minimum absolute atomic E-state index is 1.04. The van der Waals surface area contributed by atoms with Crippen molar-refractivity contribution in [2.45, 2.75) is 78.1 Å². The Morgan fingerprint density at radius 1 is 0.722 bits per heavy atom. The van der Waals surface area contributed by atoms with Crippen LogP contribution in [0.25, 0.3) is 0 Å². The Kier molecular flexibility index (Phi) is 11.6. The third-order valence-electron chi connectivity index (χ3n) is 3.64. The molecule has 0 aromatic carbocycles. The largest absolute Gasteiger partial charge is 0.302 e.